The number of hydrazine groups is 1. The van der Waals surface area contributed by atoms with Crippen molar-refractivity contribution in [2.24, 2.45) is 0 Å². The predicted octanol–water partition coefficient (Wildman–Crippen LogP) is 4.27. The molecule has 0 aliphatic rings. The minimum atomic E-state index is -1.00. The number of thioether (sulfide) groups is 1. The smallest absolute Gasteiger partial charge is 0.279 e. The van der Waals surface area contributed by atoms with Gasteiger partial charge < -0.3 is 4.74 Å². The van der Waals surface area contributed by atoms with Gasteiger partial charge in [0.2, 0.25) is 0 Å². The molecule has 0 saturated heterocycles. The van der Waals surface area contributed by atoms with E-state index in [1.807, 2.05) is 60.7 Å². The van der Waals surface area contributed by atoms with Crippen LogP contribution >= 0.6 is 11.8 Å². The highest BCUT2D eigenvalue weighted by Gasteiger charge is 2.24. The van der Waals surface area contributed by atoms with E-state index in [4.69, 9.17) is 4.74 Å². The molecule has 0 saturated carbocycles. The quantitative estimate of drug-likeness (QED) is 0.439. The highest BCUT2D eigenvalue weighted by Crippen LogP contribution is 2.35. The topological polar surface area (TPSA) is 67.4 Å². The van der Waals surface area contributed by atoms with Crippen molar-refractivity contribution in [1.82, 2.24) is 10.9 Å². The highest BCUT2D eigenvalue weighted by molar-refractivity contribution is 8.00. The zero-order valence-corrected chi connectivity index (χ0v) is 17.1. The number of amides is 2. The summed E-state index contributed by atoms with van der Waals surface area (Å²) in [5, 5.41) is -0.573. The number of benzene rings is 3. The van der Waals surface area contributed by atoms with Crippen LogP contribution in [-0.4, -0.2) is 17.9 Å². The summed E-state index contributed by atoms with van der Waals surface area (Å²) in [6, 6.07) is 24.6. The molecule has 0 radical (unpaired) electrons. The number of ether oxygens (including phenoxy) is 1. The van der Waals surface area contributed by atoms with Crippen LogP contribution in [0.15, 0.2) is 89.8 Å². The first-order valence-corrected chi connectivity index (χ1v) is 10.2. The van der Waals surface area contributed by atoms with Crippen molar-refractivity contribution in [3.8, 4) is 5.75 Å². The summed E-state index contributed by atoms with van der Waals surface area (Å²) < 4.78 is 19.0. The van der Waals surface area contributed by atoms with E-state index in [1.54, 1.807) is 6.07 Å². The molecular weight excluding hydrogens is 403 g/mol. The Morgan fingerprint density at radius 2 is 1.40 bits per heavy atom. The molecule has 7 heteroatoms. The fourth-order valence-corrected chi connectivity index (χ4v) is 3.66. The molecule has 3 rings (SSSR count). The summed E-state index contributed by atoms with van der Waals surface area (Å²) in [5.74, 6) is -1.58. The van der Waals surface area contributed by atoms with E-state index in [0.29, 0.717) is 0 Å². The van der Waals surface area contributed by atoms with E-state index >= 15 is 0 Å². The lowest BCUT2D eigenvalue weighted by Crippen LogP contribution is -2.48. The third-order valence-electron chi connectivity index (χ3n) is 4.16. The van der Waals surface area contributed by atoms with Crippen molar-refractivity contribution < 1.29 is 18.7 Å². The maximum absolute atomic E-state index is 13.7. The number of nitrogens with one attached hydrogen (secondary N) is 2. The van der Waals surface area contributed by atoms with E-state index in [0.717, 1.165) is 10.5 Å². The van der Waals surface area contributed by atoms with E-state index < -0.39 is 23.1 Å². The summed E-state index contributed by atoms with van der Waals surface area (Å²) in [6.45, 7) is 1.47. The van der Waals surface area contributed by atoms with Crippen molar-refractivity contribution in [1.29, 1.82) is 0 Å². The molecule has 0 aliphatic heterocycles. The molecule has 0 bridgehead atoms. The molecule has 2 N–H and O–H groups in total. The molecule has 3 aromatic rings. The number of para-hydroxylation sites is 1. The van der Waals surface area contributed by atoms with Crippen molar-refractivity contribution in [2.75, 3.05) is 0 Å². The van der Waals surface area contributed by atoms with Crippen LogP contribution in [0.1, 0.15) is 17.7 Å². The number of carbonyl (C=O) groups excluding carboxylic acids is 2. The maximum atomic E-state index is 13.7. The second kappa shape index (κ2) is 10.5. The van der Waals surface area contributed by atoms with Gasteiger partial charge in [-0.2, -0.15) is 0 Å². The Bertz CT molecular complexity index is 986. The van der Waals surface area contributed by atoms with E-state index in [9.17, 15) is 14.0 Å². The van der Waals surface area contributed by atoms with E-state index in [-0.39, 0.29) is 11.7 Å². The van der Waals surface area contributed by atoms with Gasteiger partial charge in [-0.3, -0.25) is 20.4 Å². The molecule has 2 atom stereocenters. The minimum absolute atomic E-state index is 0.0340. The molecule has 5 nitrogen and oxygen atoms in total. The standard InChI is InChI=1S/C23H21FN2O3S/c1-16(29-20-15-9-8-14-19(20)24)22(27)25-26-23(28)21(17-10-4-2-5-11-17)30-18-12-6-3-7-13-18/h2-16,21H,1H3,(H,25,27)(H,26,28). The van der Waals surface area contributed by atoms with Crippen LogP contribution in [-0.2, 0) is 9.59 Å². The summed E-state index contributed by atoms with van der Waals surface area (Å²) >= 11 is 1.37. The lowest BCUT2D eigenvalue weighted by molar-refractivity contribution is -0.132. The van der Waals surface area contributed by atoms with Crippen LogP contribution in [0.4, 0.5) is 4.39 Å². The van der Waals surface area contributed by atoms with Crippen LogP contribution in [0.5, 0.6) is 5.75 Å². The maximum Gasteiger partial charge on any atom is 0.279 e. The minimum Gasteiger partial charge on any atom is -0.478 e. The van der Waals surface area contributed by atoms with Gasteiger partial charge in [-0.1, -0.05) is 60.7 Å². The van der Waals surface area contributed by atoms with Gasteiger partial charge in [-0.05, 0) is 36.8 Å². The molecule has 3 aromatic carbocycles. The normalized spacial score (nSPS) is 12.5. The second-order valence-corrected chi connectivity index (χ2v) is 7.57. The molecular formula is C23H21FN2O3S. The van der Waals surface area contributed by atoms with Crippen molar-refractivity contribution in [2.45, 2.75) is 23.2 Å². The molecule has 0 aliphatic carbocycles. The number of carbonyl (C=O) groups is 2. The lowest BCUT2D eigenvalue weighted by atomic mass is 10.1. The van der Waals surface area contributed by atoms with Crippen molar-refractivity contribution >= 4 is 23.6 Å². The third-order valence-corrected chi connectivity index (χ3v) is 5.42. The number of rotatable bonds is 7. The Morgan fingerprint density at radius 3 is 2.07 bits per heavy atom. The zero-order valence-electron chi connectivity index (χ0n) is 16.2. The summed E-state index contributed by atoms with van der Waals surface area (Å²) in [4.78, 5) is 26.1. The average Bonchev–Trinajstić information content (AvgIpc) is 2.78. The van der Waals surface area contributed by atoms with Crippen LogP contribution in [0, 0.1) is 5.82 Å². The molecule has 0 spiro atoms. The Labute approximate surface area is 178 Å². The fraction of sp³-hybridized carbons (Fsp3) is 0.130. The average molecular weight is 424 g/mol. The van der Waals surface area contributed by atoms with Crippen LogP contribution in [0.2, 0.25) is 0 Å². The molecule has 2 unspecified atom stereocenters. The second-order valence-electron chi connectivity index (χ2n) is 6.39. The van der Waals surface area contributed by atoms with E-state index in [2.05, 4.69) is 10.9 Å². The van der Waals surface area contributed by atoms with Gasteiger partial charge in [-0.15, -0.1) is 11.8 Å². The van der Waals surface area contributed by atoms with Gasteiger partial charge >= 0.3 is 0 Å². The first kappa shape index (κ1) is 21.4. The molecule has 2 amide bonds. The van der Waals surface area contributed by atoms with Crippen LogP contribution in [0.3, 0.4) is 0 Å². The molecule has 0 heterocycles. The van der Waals surface area contributed by atoms with Gasteiger partial charge in [0.15, 0.2) is 17.7 Å². The largest absolute Gasteiger partial charge is 0.478 e. The van der Waals surface area contributed by atoms with Crippen LogP contribution < -0.4 is 15.6 Å². The molecule has 0 aromatic heterocycles. The monoisotopic (exact) mass is 424 g/mol. The fourth-order valence-electron chi connectivity index (χ4n) is 2.61. The Balaban J connectivity index is 1.63. The van der Waals surface area contributed by atoms with Gasteiger partial charge in [-0.25, -0.2) is 4.39 Å². The zero-order chi connectivity index (χ0) is 21.3. The highest BCUT2D eigenvalue weighted by atomic mass is 32.2. The molecule has 154 valence electrons. The Kier molecular flexibility index (Phi) is 7.45. The van der Waals surface area contributed by atoms with Gasteiger partial charge in [0, 0.05) is 4.90 Å². The van der Waals surface area contributed by atoms with E-state index in [1.165, 1.54) is 36.9 Å². The first-order valence-electron chi connectivity index (χ1n) is 9.32. The number of hydrogen-bond acceptors (Lipinski definition) is 4. The van der Waals surface area contributed by atoms with Gasteiger partial charge in [0.1, 0.15) is 5.25 Å². The first-order chi connectivity index (χ1) is 14.5. The van der Waals surface area contributed by atoms with Crippen LogP contribution in [0.25, 0.3) is 0 Å². The van der Waals surface area contributed by atoms with Gasteiger partial charge in [0.05, 0.1) is 0 Å². The molecule has 30 heavy (non-hydrogen) atoms. The predicted molar refractivity (Wildman–Crippen MR) is 114 cm³/mol. The number of hydrogen-bond donors (Lipinski definition) is 2. The van der Waals surface area contributed by atoms with Crippen molar-refractivity contribution in [3.63, 3.8) is 0 Å². The van der Waals surface area contributed by atoms with Crippen molar-refractivity contribution in [3.05, 3.63) is 96.3 Å². The Hall–Kier alpha value is -3.32. The lowest BCUT2D eigenvalue weighted by Gasteiger charge is -2.19. The third kappa shape index (κ3) is 5.84. The van der Waals surface area contributed by atoms with Gasteiger partial charge in [0.25, 0.3) is 11.8 Å². The summed E-state index contributed by atoms with van der Waals surface area (Å²) in [5.41, 5.74) is 5.61. The molecule has 0 fully saturated rings. The SMILES string of the molecule is CC(Oc1ccccc1F)C(=O)NNC(=O)C(Sc1ccccc1)c1ccccc1. The number of halogens is 1. The summed E-state index contributed by atoms with van der Waals surface area (Å²) in [7, 11) is 0. The Morgan fingerprint density at radius 1 is 0.833 bits per heavy atom. The summed E-state index contributed by atoms with van der Waals surface area (Å²) in [6.07, 6.45) is -1.00.